The summed E-state index contributed by atoms with van der Waals surface area (Å²) in [7, 11) is 0. The van der Waals surface area contributed by atoms with Crippen molar-refractivity contribution in [2.75, 3.05) is 6.61 Å². The molecule has 94 valence electrons. The second-order valence-corrected chi connectivity index (χ2v) is 5.08. The second-order valence-electron chi connectivity index (χ2n) is 4.26. The van der Waals surface area contributed by atoms with Crippen LogP contribution < -0.4 is 4.74 Å². The Labute approximate surface area is 116 Å². The normalized spacial score (nSPS) is 10.7. The summed E-state index contributed by atoms with van der Waals surface area (Å²) in [6.07, 6.45) is 0. The number of fused-ring (bicyclic) bond motifs is 1. The summed E-state index contributed by atoms with van der Waals surface area (Å²) >= 11 is 12.3. The summed E-state index contributed by atoms with van der Waals surface area (Å²) < 4.78 is 5.67. The molecule has 0 atom stereocenters. The highest BCUT2D eigenvalue weighted by Gasteiger charge is 2.13. The summed E-state index contributed by atoms with van der Waals surface area (Å²) in [5, 5.41) is 1.88. The maximum atomic E-state index is 6.17. The maximum absolute atomic E-state index is 6.17. The van der Waals surface area contributed by atoms with E-state index in [0.717, 1.165) is 16.7 Å². The fourth-order valence-electron chi connectivity index (χ4n) is 1.62. The van der Waals surface area contributed by atoms with Gasteiger partial charge in [-0.1, -0.05) is 29.8 Å². The highest BCUT2D eigenvalue weighted by Crippen LogP contribution is 2.37. The lowest BCUT2D eigenvalue weighted by atomic mass is 10.2. The standard InChI is InChI=1S/C14H13Cl2NO/c1-8(2)7-18-14-12(16)6-11(15)10-5-4-9(3)17-13(10)14/h4-6H,1,7H2,2-3H3. The first-order chi connectivity index (χ1) is 8.49. The summed E-state index contributed by atoms with van der Waals surface area (Å²) in [5.41, 5.74) is 2.50. The third-order valence-corrected chi connectivity index (χ3v) is 3.03. The molecule has 0 aliphatic rings. The van der Waals surface area contributed by atoms with Crippen LogP contribution in [0.2, 0.25) is 10.0 Å². The number of aromatic nitrogens is 1. The van der Waals surface area contributed by atoms with E-state index in [9.17, 15) is 0 Å². The molecule has 0 bridgehead atoms. The number of halogens is 2. The van der Waals surface area contributed by atoms with Crippen molar-refractivity contribution in [1.82, 2.24) is 4.98 Å². The average molecular weight is 282 g/mol. The second kappa shape index (κ2) is 5.17. The summed E-state index contributed by atoms with van der Waals surface area (Å²) in [6, 6.07) is 5.50. The van der Waals surface area contributed by atoms with Crippen LogP contribution in [0.3, 0.4) is 0 Å². The molecular weight excluding hydrogens is 269 g/mol. The van der Waals surface area contributed by atoms with Gasteiger partial charge < -0.3 is 4.74 Å². The van der Waals surface area contributed by atoms with Crippen LogP contribution in [0.15, 0.2) is 30.4 Å². The van der Waals surface area contributed by atoms with Gasteiger partial charge in [-0.2, -0.15) is 0 Å². The zero-order valence-electron chi connectivity index (χ0n) is 10.3. The van der Waals surface area contributed by atoms with Crippen LogP contribution in [0.5, 0.6) is 5.75 Å². The lowest BCUT2D eigenvalue weighted by molar-refractivity contribution is 0.356. The van der Waals surface area contributed by atoms with Crippen molar-refractivity contribution in [3.63, 3.8) is 0 Å². The zero-order valence-corrected chi connectivity index (χ0v) is 11.8. The molecule has 0 aliphatic heterocycles. The van der Waals surface area contributed by atoms with Gasteiger partial charge >= 0.3 is 0 Å². The molecule has 0 amide bonds. The minimum atomic E-state index is 0.409. The van der Waals surface area contributed by atoms with Gasteiger partial charge in [0.15, 0.2) is 5.75 Å². The number of ether oxygens (including phenoxy) is 1. The quantitative estimate of drug-likeness (QED) is 0.754. The van der Waals surface area contributed by atoms with Crippen molar-refractivity contribution in [3.8, 4) is 5.75 Å². The van der Waals surface area contributed by atoms with Gasteiger partial charge in [0, 0.05) is 11.1 Å². The zero-order chi connectivity index (χ0) is 13.3. The van der Waals surface area contributed by atoms with Crippen LogP contribution in [0, 0.1) is 6.92 Å². The van der Waals surface area contributed by atoms with Gasteiger partial charge in [-0.15, -0.1) is 0 Å². The van der Waals surface area contributed by atoms with Crippen LogP contribution >= 0.6 is 23.2 Å². The number of hydrogen-bond donors (Lipinski definition) is 0. The Morgan fingerprint density at radius 1 is 1.33 bits per heavy atom. The van der Waals surface area contributed by atoms with E-state index in [-0.39, 0.29) is 0 Å². The first kappa shape index (κ1) is 13.2. The van der Waals surface area contributed by atoms with Crippen molar-refractivity contribution < 1.29 is 4.74 Å². The molecule has 4 heteroatoms. The molecule has 0 saturated heterocycles. The van der Waals surface area contributed by atoms with E-state index < -0.39 is 0 Å². The summed E-state index contributed by atoms with van der Waals surface area (Å²) in [6.45, 7) is 8.02. The maximum Gasteiger partial charge on any atom is 0.164 e. The smallest absolute Gasteiger partial charge is 0.164 e. The van der Waals surface area contributed by atoms with Gasteiger partial charge in [0.1, 0.15) is 12.1 Å². The molecule has 0 unspecified atom stereocenters. The van der Waals surface area contributed by atoms with E-state index in [0.29, 0.717) is 27.9 Å². The van der Waals surface area contributed by atoms with Crippen molar-refractivity contribution in [3.05, 3.63) is 46.1 Å². The van der Waals surface area contributed by atoms with Gasteiger partial charge in [0.05, 0.1) is 10.0 Å². The third-order valence-electron chi connectivity index (χ3n) is 2.44. The number of pyridine rings is 1. The molecule has 0 aliphatic carbocycles. The Kier molecular flexibility index (Phi) is 3.79. The molecule has 18 heavy (non-hydrogen) atoms. The van der Waals surface area contributed by atoms with E-state index in [1.165, 1.54) is 0 Å². The molecule has 1 heterocycles. The average Bonchev–Trinajstić information content (AvgIpc) is 2.27. The van der Waals surface area contributed by atoms with Crippen LogP contribution in [0.25, 0.3) is 10.9 Å². The highest BCUT2D eigenvalue weighted by atomic mass is 35.5. The van der Waals surface area contributed by atoms with E-state index in [4.69, 9.17) is 27.9 Å². The number of rotatable bonds is 3. The van der Waals surface area contributed by atoms with Crippen molar-refractivity contribution in [2.24, 2.45) is 0 Å². The number of aryl methyl sites for hydroxylation is 1. The van der Waals surface area contributed by atoms with Gasteiger partial charge in [-0.25, -0.2) is 4.98 Å². The van der Waals surface area contributed by atoms with Crippen LogP contribution in [-0.4, -0.2) is 11.6 Å². The Hall–Kier alpha value is -1.25. The Balaban J connectivity index is 2.62. The van der Waals surface area contributed by atoms with Gasteiger partial charge in [-0.3, -0.25) is 0 Å². The first-order valence-electron chi connectivity index (χ1n) is 5.51. The molecule has 0 fully saturated rings. The molecule has 0 spiro atoms. The summed E-state index contributed by atoms with van der Waals surface area (Å²) in [5.74, 6) is 0.558. The van der Waals surface area contributed by atoms with Gasteiger partial charge in [-0.05, 0) is 37.6 Å². The molecule has 2 rings (SSSR count). The largest absolute Gasteiger partial charge is 0.485 e. The first-order valence-corrected chi connectivity index (χ1v) is 6.27. The molecule has 0 saturated carbocycles. The highest BCUT2D eigenvalue weighted by molar-refractivity contribution is 6.39. The van der Waals surface area contributed by atoms with E-state index >= 15 is 0 Å². The monoisotopic (exact) mass is 281 g/mol. The Morgan fingerprint density at radius 3 is 2.72 bits per heavy atom. The van der Waals surface area contributed by atoms with E-state index in [1.807, 2.05) is 26.0 Å². The van der Waals surface area contributed by atoms with E-state index in [1.54, 1.807) is 6.07 Å². The minimum Gasteiger partial charge on any atom is -0.485 e. The fourth-order valence-corrected chi connectivity index (χ4v) is 2.19. The lowest BCUT2D eigenvalue weighted by Crippen LogP contribution is -2.00. The van der Waals surface area contributed by atoms with Crippen LogP contribution in [-0.2, 0) is 0 Å². The SMILES string of the molecule is C=C(C)COc1c(Cl)cc(Cl)c2ccc(C)nc12. The molecule has 0 N–H and O–H groups in total. The topological polar surface area (TPSA) is 22.1 Å². The van der Waals surface area contributed by atoms with Crippen LogP contribution in [0.4, 0.5) is 0 Å². The van der Waals surface area contributed by atoms with Gasteiger partial charge in [0.2, 0.25) is 0 Å². The van der Waals surface area contributed by atoms with Crippen molar-refractivity contribution in [1.29, 1.82) is 0 Å². The molecule has 1 aromatic carbocycles. The fraction of sp³-hybridized carbons (Fsp3) is 0.214. The van der Waals surface area contributed by atoms with E-state index in [2.05, 4.69) is 11.6 Å². The summed E-state index contributed by atoms with van der Waals surface area (Å²) in [4.78, 5) is 4.45. The van der Waals surface area contributed by atoms with Crippen molar-refractivity contribution >= 4 is 34.1 Å². The molecular formula is C14H13Cl2NO. The predicted molar refractivity (Wildman–Crippen MR) is 76.8 cm³/mol. The molecule has 2 aromatic rings. The Bertz CT molecular complexity index is 623. The lowest BCUT2D eigenvalue weighted by Gasteiger charge is -2.12. The third kappa shape index (κ3) is 2.60. The number of nitrogens with zero attached hydrogens (tertiary/aromatic N) is 1. The number of benzene rings is 1. The minimum absolute atomic E-state index is 0.409. The Morgan fingerprint density at radius 2 is 2.06 bits per heavy atom. The number of hydrogen-bond acceptors (Lipinski definition) is 2. The van der Waals surface area contributed by atoms with Crippen LogP contribution in [0.1, 0.15) is 12.6 Å². The molecule has 1 aromatic heterocycles. The predicted octanol–water partition coefficient (Wildman–Crippen LogP) is 4.80. The molecule has 0 radical (unpaired) electrons. The molecule has 2 nitrogen and oxygen atoms in total. The van der Waals surface area contributed by atoms with Gasteiger partial charge in [0.25, 0.3) is 0 Å². The van der Waals surface area contributed by atoms with Crippen molar-refractivity contribution in [2.45, 2.75) is 13.8 Å².